The monoisotopic (exact) mass is 170 g/mol. The van der Waals surface area contributed by atoms with Crippen LogP contribution in [-0.2, 0) is 0 Å². The standard InChI is InChI=1S/C3H5Cl.2ClH.Mg/c1-2-3-4;;;/h2H,1,3H2;2*1H;/q;;;+2/p-2. The van der Waals surface area contributed by atoms with Crippen molar-refractivity contribution in [3.05, 3.63) is 12.7 Å². The van der Waals surface area contributed by atoms with E-state index in [1.807, 2.05) is 0 Å². The molecule has 0 rings (SSSR count). The van der Waals surface area contributed by atoms with E-state index < -0.39 is 18.2 Å². The summed E-state index contributed by atoms with van der Waals surface area (Å²) >= 11 is 4.43. The first kappa shape index (κ1) is 11.2. The molecule has 0 aromatic rings. The maximum absolute atomic E-state index is 5.07. The van der Waals surface area contributed by atoms with E-state index in [9.17, 15) is 0 Å². The van der Waals surface area contributed by atoms with Crippen LogP contribution in [0.2, 0.25) is 0 Å². The van der Waals surface area contributed by atoms with Crippen LogP contribution in [0.1, 0.15) is 0 Å². The van der Waals surface area contributed by atoms with Crippen molar-refractivity contribution >= 4 is 47.9 Å². The Morgan fingerprint density at radius 3 is 1.71 bits per heavy atom. The highest BCUT2D eigenvalue weighted by molar-refractivity contribution is 7.22. The van der Waals surface area contributed by atoms with Crippen molar-refractivity contribution in [2.24, 2.45) is 0 Å². The Bertz CT molecular complexity index is 31.4. The van der Waals surface area contributed by atoms with E-state index in [1.54, 1.807) is 6.08 Å². The molecule has 0 aliphatic rings. The zero-order chi connectivity index (χ0) is 6.12. The summed E-state index contributed by atoms with van der Waals surface area (Å²) < 4.78 is 0. The van der Waals surface area contributed by atoms with Gasteiger partial charge in [-0.05, 0) is 0 Å². The number of hydrogen-bond donors (Lipinski definition) is 0. The van der Waals surface area contributed by atoms with Crippen LogP contribution in [0.25, 0.3) is 0 Å². The van der Waals surface area contributed by atoms with E-state index in [0.29, 0.717) is 5.88 Å². The Hall–Kier alpha value is 1.38. The second kappa shape index (κ2) is 15.7. The van der Waals surface area contributed by atoms with Crippen LogP contribution in [0.3, 0.4) is 0 Å². The number of alkyl halides is 1. The molecule has 0 aliphatic heterocycles. The minimum atomic E-state index is -0.639. The van der Waals surface area contributed by atoms with Crippen molar-refractivity contribution in [3.63, 3.8) is 0 Å². The van der Waals surface area contributed by atoms with Crippen molar-refractivity contribution < 1.29 is 0 Å². The topological polar surface area (TPSA) is 0 Å². The summed E-state index contributed by atoms with van der Waals surface area (Å²) in [5.74, 6) is 0.556. The first-order valence-electron chi connectivity index (χ1n) is 1.62. The average molecular weight is 172 g/mol. The van der Waals surface area contributed by atoms with Gasteiger partial charge in [-0.15, -0.1) is 18.2 Å². The molecule has 0 amide bonds. The molecule has 0 saturated heterocycles. The molecule has 0 aromatic carbocycles. The molecule has 0 bridgehead atoms. The fourth-order valence-corrected chi connectivity index (χ4v) is 0. The van der Waals surface area contributed by atoms with Crippen LogP contribution >= 0.6 is 29.7 Å². The van der Waals surface area contributed by atoms with Crippen LogP contribution in [0, 0.1) is 0 Å². The highest BCUT2D eigenvalue weighted by Crippen LogP contribution is 1.67. The third-order valence-electron chi connectivity index (χ3n) is 0.109. The molecule has 0 N–H and O–H groups in total. The molecule has 40 valence electrons. The maximum atomic E-state index is 5.07. The SMILES string of the molecule is C=CCCl.[Cl][Mg][Cl]. The molecule has 0 radical (unpaired) electrons. The lowest BCUT2D eigenvalue weighted by atomic mass is 10.8. The van der Waals surface area contributed by atoms with Crippen molar-refractivity contribution in [2.75, 3.05) is 5.88 Å². The molecule has 0 aliphatic carbocycles. The minimum absolute atomic E-state index is 0.556. The van der Waals surface area contributed by atoms with Crippen LogP contribution in [0.5, 0.6) is 0 Å². The number of halogens is 3. The van der Waals surface area contributed by atoms with Crippen LogP contribution < -0.4 is 0 Å². The van der Waals surface area contributed by atoms with Crippen LogP contribution in [-0.4, -0.2) is 24.0 Å². The lowest BCUT2D eigenvalue weighted by Gasteiger charge is -1.55. The van der Waals surface area contributed by atoms with Gasteiger partial charge in [0.25, 0.3) is 0 Å². The largest absolute Gasteiger partial charge is 0.618 e. The molecule has 0 spiro atoms. The van der Waals surface area contributed by atoms with E-state index in [4.69, 9.17) is 29.7 Å². The fraction of sp³-hybridized carbons (Fsp3) is 0.333. The molecule has 7 heavy (non-hydrogen) atoms. The molecule has 0 saturated carbocycles. The molecule has 0 nitrogen and oxygen atoms in total. The smallest absolute Gasteiger partial charge is 0.309 e. The van der Waals surface area contributed by atoms with Gasteiger partial charge < -0.3 is 18.1 Å². The molecular weight excluding hydrogens is 167 g/mol. The normalized spacial score (nSPS) is 5.00. The van der Waals surface area contributed by atoms with Crippen LogP contribution in [0.4, 0.5) is 0 Å². The van der Waals surface area contributed by atoms with Gasteiger partial charge in [-0.25, -0.2) is 0 Å². The van der Waals surface area contributed by atoms with Crippen molar-refractivity contribution in [1.82, 2.24) is 0 Å². The van der Waals surface area contributed by atoms with Crippen molar-refractivity contribution in [2.45, 2.75) is 0 Å². The van der Waals surface area contributed by atoms with Gasteiger partial charge in [0.2, 0.25) is 0 Å². The summed E-state index contributed by atoms with van der Waals surface area (Å²) in [5, 5.41) is 0. The van der Waals surface area contributed by atoms with Crippen molar-refractivity contribution in [1.29, 1.82) is 0 Å². The molecule has 0 atom stereocenters. The average Bonchev–Trinajstić information content (AvgIpc) is 1.69. The van der Waals surface area contributed by atoms with Crippen molar-refractivity contribution in [3.8, 4) is 0 Å². The van der Waals surface area contributed by atoms with Gasteiger partial charge >= 0.3 is 18.2 Å². The van der Waals surface area contributed by atoms with E-state index in [0.717, 1.165) is 0 Å². The lowest BCUT2D eigenvalue weighted by Crippen LogP contribution is -1.45. The fourth-order valence-electron chi connectivity index (χ4n) is 0. The maximum Gasteiger partial charge on any atom is 0.618 e. The first-order valence-corrected chi connectivity index (χ1v) is 6.43. The van der Waals surface area contributed by atoms with Gasteiger partial charge in [-0.2, -0.15) is 0 Å². The lowest BCUT2D eigenvalue weighted by molar-refractivity contribution is 1.80. The van der Waals surface area contributed by atoms with Gasteiger partial charge in [-0.1, -0.05) is 6.08 Å². The third-order valence-corrected chi connectivity index (χ3v) is 0.327. The second-order valence-corrected chi connectivity index (χ2v) is 3.48. The molecular formula is C3H5Cl3Mg. The summed E-state index contributed by atoms with van der Waals surface area (Å²) in [6, 6.07) is 0. The van der Waals surface area contributed by atoms with E-state index in [1.165, 1.54) is 0 Å². The van der Waals surface area contributed by atoms with Gasteiger partial charge in [0.05, 0.1) is 0 Å². The number of hydrogen-bond acceptors (Lipinski definition) is 0. The summed E-state index contributed by atoms with van der Waals surface area (Å²) in [4.78, 5) is 0. The predicted octanol–water partition coefficient (Wildman–Crippen LogP) is 2.41. The Labute approximate surface area is 66.1 Å². The van der Waals surface area contributed by atoms with Gasteiger partial charge in [0.15, 0.2) is 0 Å². The first-order chi connectivity index (χ1) is 3.33. The Morgan fingerprint density at radius 2 is 1.71 bits per heavy atom. The molecule has 4 heteroatoms. The summed E-state index contributed by atoms with van der Waals surface area (Å²) in [7, 11) is 9.81. The second-order valence-electron chi connectivity index (χ2n) is 0.544. The Morgan fingerprint density at radius 1 is 1.57 bits per heavy atom. The molecule has 0 aromatic heterocycles. The van der Waals surface area contributed by atoms with E-state index in [-0.39, 0.29) is 0 Å². The van der Waals surface area contributed by atoms with Gasteiger partial charge in [0, 0.05) is 5.88 Å². The van der Waals surface area contributed by atoms with Crippen LogP contribution in [0.15, 0.2) is 12.7 Å². The van der Waals surface area contributed by atoms with Gasteiger partial charge in [-0.3, -0.25) is 0 Å². The zero-order valence-corrected chi connectivity index (χ0v) is 7.51. The highest BCUT2D eigenvalue weighted by Gasteiger charge is 1.64. The summed E-state index contributed by atoms with van der Waals surface area (Å²) in [6.45, 7) is 3.35. The zero-order valence-electron chi connectivity index (χ0n) is 3.83. The summed E-state index contributed by atoms with van der Waals surface area (Å²) in [6.07, 6.45) is 1.64. The molecule has 0 heterocycles. The number of rotatable bonds is 1. The minimum Gasteiger partial charge on any atom is -0.309 e. The number of allylic oxidation sites excluding steroid dienone is 1. The van der Waals surface area contributed by atoms with E-state index in [2.05, 4.69) is 6.58 Å². The van der Waals surface area contributed by atoms with Gasteiger partial charge in [0.1, 0.15) is 0 Å². The van der Waals surface area contributed by atoms with E-state index >= 15 is 0 Å². The molecule has 0 unspecified atom stereocenters. The summed E-state index contributed by atoms with van der Waals surface area (Å²) in [5.41, 5.74) is 0. The highest BCUT2D eigenvalue weighted by atomic mass is 35.6. The quantitative estimate of drug-likeness (QED) is 0.323. The predicted molar refractivity (Wildman–Crippen MR) is 38.4 cm³/mol. The molecule has 0 fully saturated rings. The Balaban J connectivity index is 0. The third kappa shape index (κ3) is 37.8. The Kier molecular flexibility index (Phi) is 25.1.